The average molecular weight is 929 g/mol. The van der Waals surface area contributed by atoms with Crippen LogP contribution >= 0.6 is 7.14 Å². The van der Waals surface area contributed by atoms with Crippen molar-refractivity contribution in [1.82, 2.24) is 38.5 Å². The van der Waals surface area contributed by atoms with E-state index in [-0.39, 0.29) is 23.3 Å². The SMILES string of the molecule is CCCc1cc(-n2ccn(-c3c4c(nn3-c3cc(C)c(F)c(C)c3)CCN(C(=O)c3cc5cc(C6CCOCC6)ccc5n3C3(c5noc(=O)[nH]5)CC3C)C4C)c2=O)ccc1P(=O)(CC)CC. The molecule has 2 fully saturated rings. The fraction of sp³-hybridized carbons (Fsp3) is 0.431. The molecule has 16 heteroatoms. The Balaban J connectivity index is 1.11. The highest BCUT2D eigenvalue weighted by Gasteiger charge is 2.59. The molecule has 3 aliphatic rings. The van der Waals surface area contributed by atoms with Gasteiger partial charge in [0.15, 0.2) is 5.82 Å². The fourth-order valence-electron chi connectivity index (χ4n) is 11.1. The monoisotopic (exact) mass is 928 g/mol. The number of amides is 1. The predicted molar refractivity (Wildman–Crippen MR) is 256 cm³/mol. The van der Waals surface area contributed by atoms with Crippen LogP contribution in [0.1, 0.15) is 122 Å². The third-order valence-corrected chi connectivity index (χ3v) is 18.3. The van der Waals surface area contributed by atoms with E-state index in [1.165, 1.54) is 5.56 Å². The third-order valence-electron chi connectivity index (χ3n) is 15.0. The number of imidazole rings is 1. The molecule has 3 unspecified atom stereocenters. The summed E-state index contributed by atoms with van der Waals surface area (Å²) in [4.78, 5) is 47.6. The van der Waals surface area contributed by atoms with Crippen molar-refractivity contribution in [2.75, 3.05) is 32.1 Å². The smallest absolute Gasteiger partial charge is 0.381 e. The van der Waals surface area contributed by atoms with E-state index >= 15 is 9.18 Å². The van der Waals surface area contributed by atoms with Gasteiger partial charge in [-0.3, -0.25) is 23.4 Å². The van der Waals surface area contributed by atoms with Crippen LogP contribution in [0.5, 0.6) is 0 Å². The van der Waals surface area contributed by atoms with Crippen molar-refractivity contribution in [2.45, 2.75) is 104 Å². The Hall–Kier alpha value is -6.05. The second-order valence-electron chi connectivity index (χ2n) is 18.9. The Bertz CT molecular complexity index is 3230. The maximum Gasteiger partial charge on any atom is 0.438 e. The van der Waals surface area contributed by atoms with Gasteiger partial charge in [0.2, 0.25) is 0 Å². The number of H-pyrrole nitrogens is 1. The first-order valence-electron chi connectivity index (χ1n) is 23.7. The summed E-state index contributed by atoms with van der Waals surface area (Å²) < 4.78 is 46.9. The van der Waals surface area contributed by atoms with Crippen LogP contribution < -0.4 is 16.8 Å². The maximum absolute atomic E-state index is 15.6. The molecule has 0 radical (unpaired) electrons. The molecule has 7 aromatic rings. The molecule has 1 saturated heterocycles. The lowest BCUT2D eigenvalue weighted by molar-refractivity contribution is 0.0663. The summed E-state index contributed by atoms with van der Waals surface area (Å²) in [5.41, 5.74) is 5.83. The van der Waals surface area contributed by atoms with Crippen LogP contribution in [0, 0.1) is 25.6 Å². The van der Waals surface area contributed by atoms with Crippen molar-refractivity contribution in [3.8, 4) is 17.2 Å². The molecule has 6 heterocycles. The van der Waals surface area contributed by atoms with Gasteiger partial charge in [0, 0.05) is 72.7 Å². The zero-order valence-corrected chi connectivity index (χ0v) is 40.2. The largest absolute Gasteiger partial charge is 0.438 e. The van der Waals surface area contributed by atoms with Crippen molar-refractivity contribution in [2.24, 2.45) is 5.92 Å². The van der Waals surface area contributed by atoms with E-state index in [9.17, 15) is 14.2 Å². The van der Waals surface area contributed by atoms with Crippen LogP contribution in [0.3, 0.4) is 0 Å². The Kier molecular flexibility index (Phi) is 11.3. The van der Waals surface area contributed by atoms with Crippen LogP contribution in [-0.4, -0.2) is 76.5 Å². The van der Waals surface area contributed by atoms with E-state index in [0.717, 1.165) is 53.1 Å². The second-order valence-corrected chi connectivity index (χ2v) is 22.4. The highest BCUT2D eigenvalue weighted by Crippen LogP contribution is 2.56. The van der Waals surface area contributed by atoms with Gasteiger partial charge < -0.3 is 18.8 Å². The molecular formula is C51H58FN8O6P. The van der Waals surface area contributed by atoms with Gasteiger partial charge in [-0.2, -0.15) is 5.10 Å². The standard InChI is InChI=1S/C51H58FN8O6P/c1-8-11-36-27-38(13-15-43(36)67(64,9-2)10-3)57-20-21-58(50(57)63)46-44-33(7)56(19-16-40(44)54-60(46)39-24-30(4)45(52)31(5)25-39)47(61)42-28-37-26-35(34-17-22-65-23-18-34)12-14-41(37)59(42)51(29-32(51)6)48-53-49(62)66-55-48/h12-15,20-21,24-28,32-34H,8-11,16-19,22-23,29H2,1-7H3,(H,53,55,62). The predicted octanol–water partition coefficient (Wildman–Crippen LogP) is 8.62. The Morgan fingerprint density at radius 1 is 0.940 bits per heavy atom. The van der Waals surface area contributed by atoms with Crippen molar-refractivity contribution >= 4 is 29.3 Å². The molecule has 67 heavy (non-hydrogen) atoms. The normalized spacial score (nSPS) is 19.9. The number of carbonyl (C=O) groups excluding carboxylic acids is 1. The second kappa shape index (κ2) is 16.9. The average Bonchev–Trinajstić information content (AvgIpc) is 3.83. The summed E-state index contributed by atoms with van der Waals surface area (Å²) in [6, 6.07) is 17.0. The van der Waals surface area contributed by atoms with Gasteiger partial charge in [0.25, 0.3) is 5.91 Å². The summed E-state index contributed by atoms with van der Waals surface area (Å²) in [7, 11) is -2.60. The lowest BCUT2D eigenvalue weighted by Crippen LogP contribution is -2.41. The van der Waals surface area contributed by atoms with Crippen molar-refractivity contribution in [1.29, 1.82) is 0 Å². The number of fused-ring (bicyclic) bond motifs is 2. The molecule has 0 spiro atoms. The van der Waals surface area contributed by atoms with Crippen molar-refractivity contribution in [3.63, 3.8) is 0 Å². The number of aromatic amines is 1. The molecular weight excluding hydrogens is 871 g/mol. The Morgan fingerprint density at radius 3 is 2.31 bits per heavy atom. The van der Waals surface area contributed by atoms with Gasteiger partial charge in [-0.1, -0.05) is 45.3 Å². The van der Waals surface area contributed by atoms with E-state index in [0.29, 0.717) is 96.2 Å². The van der Waals surface area contributed by atoms with Crippen LogP contribution in [0.2, 0.25) is 0 Å². The molecule has 0 bridgehead atoms. The zero-order chi connectivity index (χ0) is 47.1. The number of hydrogen-bond donors (Lipinski definition) is 1. The molecule has 1 saturated carbocycles. The van der Waals surface area contributed by atoms with Gasteiger partial charge in [0.05, 0.1) is 23.1 Å². The Morgan fingerprint density at radius 2 is 1.66 bits per heavy atom. The van der Waals surface area contributed by atoms with E-state index in [1.807, 2.05) is 49.9 Å². The molecule has 1 aliphatic carbocycles. The van der Waals surface area contributed by atoms with Gasteiger partial charge in [0.1, 0.15) is 30.0 Å². The minimum Gasteiger partial charge on any atom is -0.381 e. The summed E-state index contributed by atoms with van der Waals surface area (Å²) in [6.07, 6.45) is 9.00. The van der Waals surface area contributed by atoms with E-state index in [1.54, 1.807) is 52.2 Å². The molecule has 350 valence electrons. The number of nitrogens with one attached hydrogen (secondary N) is 1. The molecule has 2 aliphatic heterocycles. The van der Waals surface area contributed by atoms with Crippen LogP contribution in [0.15, 0.2) is 81.1 Å². The molecule has 10 rings (SSSR count). The molecule has 1 amide bonds. The van der Waals surface area contributed by atoms with Crippen molar-refractivity contribution < 1.29 is 23.0 Å². The highest BCUT2D eigenvalue weighted by molar-refractivity contribution is 7.71. The molecule has 3 aromatic carbocycles. The van der Waals surface area contributed by atoms with E-state index in [2.05, 4.69) is 46.8 Å². The zero-order valence-electron chi connectivity index (χ0n) is 39.3. The summed E-state index contributed by atoms with van der Waals surface area (Å²) in [6.45, 7) is 15.2. The molecule has 3 atom stereocenters. The first kappa shape index (κ1) is 44.8. The fourth-order valence-corrected chi connectivity index (χ4v) is 13.3. The van der Waals surface area contributed by atoms with Gasteiger partial charge >= 0.3 is 11.4 Å². The first-order chi connectivity index (χ1) is 32.2. The summed E-state index contributed by atoms with van der Waals surface area (Å²) >= 11 is 0. The molecule has 1 N–H and O–H groups in total. The quantitative estimate of drug-likeness (QED) is 0.120. The number of benzene rings is 3. The third kappa shape index (κ3) is 7.22. The summed E-state index contributed by atoms with van der Waals surface area (Å²) in [5, 5.41) is 11.1. The van der Waals surface area contributed by atoms with Gasteiger partial charge in [-0.25, -0.2) is 18.7 Å². The number of carbonyl (C=O) groups is 1. The van der Waals surface area contributed by atoms with E-state index in [4.69, 9.17) is 14.4 Å². The van der Waals surface area contributed by atoms with Crippen LogP contribution in [0.4, 0.5) is 4.39 Å². The highest BCUT2D eigenvalue weighted by atomic mass is 31.2. The number of hydrogen-bond acceptors (Lipinski definition) is 8. The van der Waals surface area contributed by atoms with Crippen LogP contribution in [0.25, 0.3) is 28.1 Å². The van der Waals surface area contributed by atoms with Gasteiger partial charge in [-0.05, 0) is 129 Å². The topological polar surface area (TPSA) is 155 Å². The number of nitrogens with zero attached hydrogens (tertiary/aromatic N) is 7. The lowest BCUT2D eigenvalue weighted by Gasteiger charge is -2.34. The molecule has 14 nitrogen and oxygen atoms in total. The number of aromatic nitrogens is 7. The first-order valence-corrected chi connectivity index (χ1v) is 25.8. The van der Waals surface area contributed by atoms with Crippen LogP contribution in [-0.2, 0) is 27.7 Å². The number of ether oxygens (including phenoxy) is 1. The van der Waals surface area contributed by atoms with Crippen molar-refractivity contribution in [3.05, 3.63) is 139 Å². The number of halogens is 1. The van der Waals surface area contributed by atoms with E-state index < -0.39 is 24.5 Å². The minimum absolute atomic E-state index is 0.0244. The number of rotatable bonds is 12. The lowest BCUT2D eigenvalue weighted by atomic mass is 9.91. The maximum atomic E-state index is 15.6. The summed E-state index contributed by atoms with van der Waals surface area (Å²) in [5.74, 6) is -0.00524. The Labute approximate surface area is 388 Å². The molecule has 4 aromatic heterocycles. The van der Waals surface area contributed by atoms with Gasteiger partial charge in [-0.15, -0.1) is 0 Å². The number of aryl methyl sites for hydroxylation is 3. The minimum atomic E-state index is -2.60.